The molecule has 17 heavy (non-hydrogen) atoms. The normalized spacial score (nSPS) is 11.3. The molecule has 5 heteroatoms. The van der Waals surface area contributed by atoms with Crippen LogP contribution in [0.4, 0.5) is 0 Å². The fourth-order valence-corrected chi connectivity index (χ4v) is 1.99. The number of carbonyl (C=O) groups excluding carboxylic acids is 1. The minimum atomic E-state index is -0.419. The van der Waals surface area contributed by atoms with Gasteiger partial charge in [-0.1, -0.05) is 0 Å². The van der Waals surface area contributed by atoms with Crippen molar-refractivity contribution < 1.29 is 9.90 Å². The van der Waals surface area contributed by atoms with Crippen LogP contribution in [0.15, 0.2) is 23.4 Å². The van der Waals surface area contributed by atoms with Crippen molar-refractivity contribution in [1.82, 2.24) is 10.3 Å². The highest BCUT2D eigenvalue weighted by atomic mass is 32.2. The lowest BCUT2D eigenvalue weighted by atomic mass is 10.0. The zero-order valence-corrected chi connectivity index (χ0v) is 11.2. The number of thioether (sulfide) groups is 1. The topological polar surface area (TPSA) is 62.2 Å². The minimum absolute atomic E-state index is 0.0513. The van der Waals surface area contributed by atoms with E-state index in [0.29, 0.717) is 17.0 Å². The van der Waals surface area contributed by atoms with Gasteiger partial charge in [0, 0.05) is 18.3 Å². The van der Waals surface area contributed by atoms with Gasteiger partial charge in [-0.05, 0) is 38.7 Å². The Bertz CT molecular complexity index is 394. The average Bonchev–Trinajstić information content (AvgIpc) is 2.28. The van der Waals surface area contributed by atoms with Crippen molar-refractivity contribution in [1.29, 1.82) is 0 Å². The second-order valence-corrected chi connectivity index (χ2v) is 5.17. The molecule has 0 aliphatic heterocycles. The molecule has 0 aliphatic rings. The summed E-state index contributed by atoms with van der Waals surface area (Å²) in [7, 11) is 0. The highest BCUT2D eigenvalue weighted by molar-refractivity contribution is 7.98. The number of amides is 1. The van der Waals surface area contributed by atoms with Gasteiger partial charge in [0.2, 0.25) is 0 Å². The second kappa shape index (κ2) is 6.02. The van der Waals surface area contributed by atoms with Gasteiger partial charge in [-0.2, -0.15) is 0 Å². The molecule has 1 aromatic rings. The van der Waals surface area contributed by atoms with Crippen LogP contribution < -0.4 is 5.32 Å². The summed E-state index contributed by atoms with van der Waals surface area (Å²) in [5.74, 6) is -0.152. The maximum atomic E-state index is 12.1. The lowest BCUT2D eigenvalue weighted by molar-refractivity contribution is 0.0896. The molecule has 1 heterocycles. The molecule has 0 atom stereocenters. The smallest absolute Gasteiger partial charge is 0.254 e. The Hall–Kier alpha value is -1.07. The molecule has 0 spiro atoms. The zero-order chi connectivity index (χ0) is 12.9. The van der Waals surface area contributed by atoms with Gasteiger partial charge in [0.15, 0.2) is 0 Å². The first-order chi connectivity index (χ1) is 8.00. The van der Waals surface area contributed by atoms with Gasteiger partial charge in [0.1, 0.15) is 5.03 Å². The van der Waals surface area contributed by atoms with Crippen LogP contribution in [0.25, 0.3) is 0 Å². The highest BCUT2D eigenvalue weighted by Crippen LogP contribution is 2.18. The molecule has 0 radical (unpaired) electrons. The van der Waals surface area contributed by atoms with Crippen LogP contribution in [-0.2, 0) is 0 Å². The molecule has 94 valence electrons. The van der Waals surface area contributed by atoms with E-state index in [1.165, 1.54) is 11.8 Å². The molecule has 0 fully saturated rings. The first-order valence-corrected chi connectivity index (χ1v) is 6.65. The molecule has 2 N–H and O–H groups in total. The SMILES string of the molecule is CSc1ncccc1C(=O)NC(C)(C)CCO. The number of hydrogen-bond acceptors (Lipinski definition) is 4. The standard InChI is InChI=1S/C12H18N2O2S/c1-12(2,6-8-15)14-10(16)9-5-4-7-13-11(9)17-3/h4-5,7,15H,6,8H2,1-3H3,(H,14,16). The second-order valence-electron chi connectivity index (χ2n) is 4.37. The van der Waals surface area contributed by atoms with Gasteiger partial charge in [0.05, 0.1) is 5.56 Å². The number of aliphatic hydroxyl groups is 1. The monoisotopic (exact) mass is 254 g/mol. The van der Waals surface area contributed by atoms with Crippen molar-refractivity contribution in [3.8, 4) is 0 Å². The molecule has 0 unspecified atom stereocenters. The Labute approximate surface area is 106 Å². The molecule has 0 bridgehead atoms. The largest absolute Gasteiger partial charge is 0.396 e. The summed E-state index contributed by atoms with van der Waals surface area (Å²) < 4.78 is 0. The quantitative estimate of drug-likeness (QED) is 0.785. The van der Waals surface area contributed by atoms with Crippen molar-refractivity contribution in [2.75, 3.05) is 12.9 Å². The Morgan fingerprint density at radius 2 is 2.29 bits per heavy atom. The first-order valence-electron chi connectivity index (χ1n) is 5.42. The van der Waals surface area contributed by atoms with Gasteiger partial charge in [-0.15, -0.1) is 11.8 Å². The molecule has 0 saturated heterocycles. The van der Waals surface area contributed by atoms with E-state index in [1.807, 2.05) is 20.1 Å². The van der Waals surface area contributed by atoms with Crippen LogP contribution >= 0.6 is 11.8 Å². The molecular formula is C12H18N2O2S. The average molecular weight is 254 g/mol. The fourth-order valence-electron chi connectivity index (χ4n) is 1.44. The summed E-state index contributed by atoms with van der Waals surface area (Å²) in [6, 6.07) is 3.50. The van der Waals surface area contributed by atoms with E-state index in [0.717, 1.165) is 0 Å². The number of aliphatic hydroxyl groups excluding tert-OH is 1. The van der Waals surface area contributed by atoms with Gasteiger partial charge in [-0.25, -0.2) is 4.98 Å². The van der Waals surface area contributed by atoms with Gasteiger partial charge in [0.25, 0.3) is 5.91 Å². The summed E-state index contributed by atoms with van der Waals surface area (Å²) in [4.78, 5) is 16.2. The number of carbonyl (C=O) groups is 1. The highest BCUT2D eigenvalue weighted by Gasteiger charge is 2.22. The third kappa shape index (κ3) is 4.02. The summed E-state index contributed by atoms with van der Waals surface area (Å²) in [5, 5.41) is 12.5. The third-order valence-electron chi connectivity index (χ3n) is 2.40. The van der Waals surface area contributed by atoms with Crippen molar-refractivity contribution in [2.45, 2.75) is 30.8 Å². The molecule has 0 aliphatic carbocycles. The van der Waals surface area contributed by atoms with Crippen LogP contribution in [0.2, 0.25) is 0 Å². The first kappa shape index (κ1) is 14.0. The van der Waals surface area contributed by atoms with Gasteiger partial charge < -0.3 is 10.4 Å². The number of aromatic nitrogens is 1. The van der Waals surface area contributed by atoms with E-state index in [4.69, 9.17) is 5.11 Å². The lowest BCUT2D eigenvalue weighted by Crippen LogP contribution is -2.44. The molecule has 1 rings (SSSR count). The van der Waals surface area contributed by atoms with E-state index in [9.17, 15) is 4.79 Å². The zero-order valence-electron chi connectivity index (χ0n) is 10.4. The third-order valence-corrected chi connectivity index (χ3v) is 3.11. The Morgan fingerprint density at radius 3 is 2.88 bits per heavy atom. The Kier molecular flexibility index (Phi) is 4.96. The molecule has 4 nitrogen and oxygen atoms in total. The van der Waals surface area contributed by atoms with Crippen LogP contribution in [0.1, 0.15) is 30.6 Å². The van der Waals surface area contributed by atoms with E-state index >= 15 is 0 Å². The molecule has 1 aromatic heterocycles. The van der Waals surface area contributed by atoms with Crippen molar-refractivity contribution in [3.63, 3.8) is 0 Å². The van der Waals surface area contributed by atoms with Crippen molar-refractivity contribution in [2.24, 2.45) is 0 Å². The number of hydrogen-bond donors (Lipinski definition) is 2. The number of rotatable bonds is 5. The van der Waals surface area contributed by atoms with E-state index in [-0.39, 0.29) is 12.5 Å². The molecule has 0 saturated carbocycles. The minimum Gasteiger partial charge on any atom is -0.396 e. The number of nitrogens with one attached hydrogen (secondary N) is 1. The van der Waals surface area contributed by atoms with Crippen LogP contribution in [-0.4, -0.2) is 34.4 Å². The van der Waals surface area contributed by atoms with E-state index < -0.39 is 5.54 Å². The Balaban J connectivity index is 2.83. The maximum Gasteiger partial charge on any atom is 0.254 e. The summed E-state index contributed by atoms with van der Waals surface area (Å²) in [5.41, 5.74) is 0.156. The predicted octanol–water partition coefficient (Wildman–Crippen LogP) is 1.69. The van der Waals surface area contributed by atoms with Crippen LogP contribution in [0, 0.1) is 0 Å². The summed E-state index contributed by atoms with van der Waals surface area (Å²) >= 11 is 1.44. The van der Waals surface area contributed by atoms with Crippen molar-refractivity contribution in [3.05, 3.63) is 23.9 Å². The summed E-state index contributed by atoms with van der Waals surface area (Å²) in [6.45, 7) is 3.82. The van der Waals surface area contributed by atoms with E-state index in [2.05, 4.69) is 10.3 Å². The lowest BCUT2D eigenvalue weighted by Gasteiger charge is -2.25. The fraction of sp³-hybridized carbons (Fsp3) is 0.500. The van der Waals surface area contributed by atoms with Gasteiger partial charge in [-0.3, -0.25) is 4.79 Å². The van der Waals surface area contributed by atoms with Crippen molar-refractivity contribution >= 4 is 17.7 Å². The van der Waals surface area contributed by atoms with Crippen LogP contribution in [0.5, 0.6) is 0 Å². The summed E-state index contributed by atoms with van der Waals surface area (Å²) in [6.07, 6.45) is 4.08. The predicted molar refractivity (Wildman–Crippen MR) is 69.3 cm³/mol. The number of nitrogens with zero attached hydrogens (tertiary/aromatic N) is 1. The van der Waals surface area contributed by atoms with Crippen LogP contribution in [0.3, 0.4) is 0 Å². The van der Waals surface area contributed by atoms with Gasteiger partial charge >= 0.3 is 0 Å². The molecule has 0 aromatic carbocycles. The molecular weight excluding hydrogens is 236 g/mol. The Morgan fingerprint density at radius 1 is 1.59 bits per heavy atom. The molecule has 1 amide bonds. The maximum absolute atomic E-state index is 12.1. The van der Waals surface area contributed by atoms with E-state index in [1.54, 1.807) is 18.3 Å². The number of pyridine rings is 1.